The number of anilines is 1. The number of aromatic nitrogens is 3. The van der Waals surface area contributed by atoms with Gasteiger partial charge < -0.3 is 5.32 Å². The van der Waals surface area contributed by atoms with Gasteiger partial charge in [0.05, 0.1) is 6.20 Å². The van der Waals surface area contributed by atoms with Gasteiger partial charge in [0.2, 0.25) is 0 Å². The van der Waals surface area contributed by atoms with E-state index in [0.717, 1.165) is 23.8 Å². The third kappa shape index (κ3) is 1.34. The summed E-state index contributed by atoms with van der Waals surface area (Å²) in [4.78, 5) is 4.38. The molecule has 78 valence electrons. The average molecular weight is 220 g/mol. The van der Waals surface area contributed by atoms with Crippen LogP contribution in [0.5, 0.6) is 0 Å². The Labute approximate surface area is 92.0 Å². The number of hydrogen-bond donors (Lipinski definition) is 1. The highest BCUT2D eigenvalue weighted by atomic mass is 32.1. The molecule has 1 aliphatic heterocycles. The number of nitrogens with zero attached hydrogens (tertiary/aromatic N) is 3. The number of aryl methyl sites for hydroxylation is 1. The van der Waals surface area contributed by atoms with Crippen molar-refractivity contribution in [2.75, 3.05) is 11.9 Å². The SMILES string of the molecule is Cc1cnn2c1NCCC2c1nccs1. The maximum absolute atomic E-state index is 4.41. The van der Waals surface area contributed by atoms with E-state index in [9.17, 15) is 0 Å². The van der Waals surface area contributed by atoms with Gasteiger partial charge >= 0.3 is 0 Å². The summed E-state index contributed by atoms with van der Waals surface area (Å²) in [6, 6.07) is 0.315. The molecule has 0 bridgehead atoms. The lowest BCUT2D eigenvalue weighted by molar-refractivity contribution is 0.480. The van der Waals surface area contributed by atoms with Crippen molar-refractivity contribution in [1.82, 2.24) is 14.8 Å². The van der Waals surface area contributed by atoms with Gasteiger partial charge in [-0.3, -0.25) is 0 Å². The second-order valence-electron chi connectivity index (χ2n) is 3.72. The molecule has 1 unspecified atom stereocenters. The molecule has 0 amide bonds. The van der Waals surface area contributed by atoms with Crippen LogP contribution in [-0.4, -0.2) is 21.3 Å². The van der Waals surface area contributed by atoms with Crippen molar-refractivity contribution in [3.63, 3.8) is 0 Å². The number of thiazole rings is 1. The zero-order chi connectivity index (χ0) is 10.3. The molecule has 0 saturated heterocycles. The molecule has 3 heterocycles. The molecule has 0 aliphatic carbocycles. The highest BCUT2D eigenvalue weighted by Crippen LogP contribution is 2.31. The largest absolute Gasteiger partial charge is 0.370 e. The summed E-state index contributed by atoms with van der Waals surface area (Å²) in [6.45, 7) is 3.08. The standard InChI is InChI=1S/C10H12N4S/c1-7-6-13-14-8(2-3-11-9(7)14)10-12-4-5-15-10/h4-6,8,11H,2-3H2,1H3. The van der Waals surface area contributed by atoms with E-state index in [1.165, 1.54) is 5.56 Å². The molecule has 1 atom stereocenters. The zero-order valence-corrected chi connectivity index (χ0v) is 9.29. The van der Waals surface area contributed by atoms with Crippen LogP contribution in [0.25, 0.3) is 0 Å². The Hall–Kier alpha value is -1.36. The molecular weight excluding hydrogens is 208 g/mol. The normalized spacial score (nSPS) is 19.7. The highest BCUT2D eigenvalue weighted by molar-refractivity contribution is 7.09. The summed E-state index contributed by atoms with van der Waals surface area (Å²) in [6.07, 6.45) is 4.83. The van der Waals surface area contributed by atoms with Crippen LogP contribution in [0.15, 0.2) is 17.8 Å². The van der Waals surface area contributed by atoms with Crippen LogP contribution in [0.1, 0.15) is 23.0 Å². The second kappa shape index (κ2) is 3.34. The van der Waals surface area contributed by atoms with Gasteiger partial charge in [-0.25, -0.2) is 9.67 Å². The van der Waals surface area contributed by atoms with Crippen molar-refractivity contribution >= 4 is 17.2 Å². The summed E-state index contributed by atoms with van der Waals surface area (Å²) in [5.74, 6) is 1.14. The Morgan fingerprint density at radius 3 is 3.33 bits per heavy atom. The summed E-state index contributed by atoms with van der Waals surface area (Å²) in [7, 11) is 0. The third-order valence-electron chi connectivity index (χ3n) is 2.72. The van der Waals surface area contributed by atoms with Crippen molar-refractivity contribution in [2.45, 2.75) is 19.4 Å². The van der Waals surface area contributed by atoms with E-state index in [0.29, 0.717) is 6.04 Å². The summed E-state index contributed by atoms with van der Waals surface area (Å²) in [5, 5.41) is 11.0. The van der Waals surface area contributed by atoms with Gasteiger partial charge in [-0.2, -0.15) is 5.10 Å². The van der Waals surface area contributed by atoms with Crippen molar-refractivity contribution in [3.05, 3.63) is 28.3 Å². The molecule has 3 rings (SSSR count). The molecule has 15 heavy (non-hydrogen) atoms. The number of rotatable bonds is 1. The molecule has 0 spiro atoms. The Kier molecular flexibility index (Phi) is 1.98. The fourth-order valence-electron chi connectivity index (χ4n) is 1.98. The van der Waals surface area contributed by atoms with Crippen LogP contribution in [0.4, 0.5) is 5.82 Å². The Morgan fingerprint density at radius 1 is 1.60 bits per heavy atom. The molecule has 4 nitrogen and oxygen atoms in total. The van der Waals surface area contributed by atoms with Crippen LogP contribution in [-0.2, 0) is 0 Å². The van der Waals surface area contributed by atoms with Crippen molar-refractivity contribution < 1.29 is 0 Å². The molecule has 2 aromatic rings. The molecule has 0 saturated carbocycles. The Bertz CT molecular complexity index is 460. The van der Waals surface area contributed by atoms with E-state index in [-0.39, 0.29) is 0 Å². The first-order chi connectivity index (χ1) is 7.36. The monoisotopic (exact) mass is 220 g/mol. The third-order valence-corrected chi connectivity index (χ3v) is 3.60. The summed E-state index contributed by atoms with van der Waals surface area (Å²) in [5.41, 5.74) is 1.20. The Morgan fingerprint density at radius 2 is 2.53 bits per heavy atom. The number of fused-ring (bicyclic) bond motifs is 1. The molecule has 1 N–H and O–H groups in total. The van der Waals surface area contributed by atoms with E-state index in [1.807, 2.05) is 17.8 Å². The average Bonchev–Trinajstić information content (AvgIpc) is 2.88. The first kappa shape index (κ1) is 8.91. The minimum absolute atomic E-state index is 0.315. The maximum Gasteiger partial charge on any atom is 0.128 e. The first-order valence-corrected chi connectivity index (χ1v) is 5.91. The minimum Gasteiger partial charge on any atom is -0.370 e. The van der Waals surface area contributed by atoms with E-state index in [4.69, 9.17) is 0 Å². The minimum atomic E-state index is 0.315. The molecule has 5 heteroatoms. The fourth-order valence-corrected chi connectivity index (χ4v) is 2.74. The van der Waals surface area contributed by atoms with E-state index in [1.54, 1.807) is 11.3 Å². The zero-order valence-electron chi connectivity index (χ0n) is 8.47. The van der Waals surface area contributed by atoms with E-state index >= 15 is 0 Å². The number of hydrogen-bond acceptors (Lipinski definition) is 4. The molecule has 0 radical (unpaired) electrons. The topological polar surface area (TPSA) is 42.7 Å². The van der Waals surface area contributed by atoms with Gasteiger partial charge in [-0.1, -0.05) is 0 Å². The van der Waals surface area contributed by atoms with Crippen molar-refractivity contribution in [3.8, 4) is 0 Å². The lowest BCUT2D eigenvalue weighted by atomic mass is 10.2. The lowest BCUT2D eigenvalue weighted by Gasteiger charge is -2.24. The molecular formula is C10H12N4S. The molecule has 2 aromatic heterocycles. The Balaban J connectivity index is 2.07. The summed E-state index contributed by atoms with van der Waals surface area (Å²) >= 11 is 1.70. The summed E-state index contributed by atoms with van der Waals surface area (Å²) < 4.78 is 2.05. The van der Waals surface area contributed by atoms with Gasteiger partial charge in [-0.05, 0) is 13.3 Å². The van der Waals surface area contributed by atoms with Crippen LogP contribution in [0, 0.1) is 6.92 Å². The second-order valence-corrected chi connectivity index (χ2v) is 4.65. The maximum atomic E-state index is 4.41. The van der Waals surface area contributed by atoms with Crippen molar-refractivity contribution in [2.24, 2.45) is 0 Å². The van der Waals surface area contributed by atoms with Crippen LogP contribution in [0.3, 0.4) is 0 Å². The number of nitrogens with one attached hydrogen (secondary N) is 1. The quantitative estimate of drug-likeness (QED) is 0.800. The van der Waals surface area contributed by atoms with Gasteiger partial charge in [0.1, 0.15) is 16.9 Å². The predicted octanol–water partition coefficient (Wildman–Crippen LogP) is 2.05. The highest BCUT2D eigenvalue weighted by Gasteiger charge is 2.24. The lowest BCUT2D eigenvalue weighted by Crippen LogP contribution is -2.24. The van der Waals surface area contributed by atoms with Crippen LogP contribution >= 0.6 is 11.3 Å². The first-order valence-electron chi connectivity index (χ1n) is 5.03. The van der Waals surface area contributed by atoms with Gasteiger partial charge in [-0.15, -0.1) is 11.3 Å². The molecule has 0 fully saturated rings. The predicted molar refractivity (Wildman–Crippen MR) is 60.3 cm³/mol. The van der Waals surface area contributed by atoms with Crippen LogP contribution in [0.2, 0.25) is 0 Å². The van der Waals surface area contributed by atoms with Crippen molar-refractivity contribution in [1.29, 1.82) is 0 Å². The molecule has 0 aromatic carbocycles. The van der Waals surface area contributed by atoms with Gasteiger partial charge in [0.25, 0.3) is 0 Å². The molecule has 1 aliphatic rings. The fraction of sp³-hybridized carbons (Fsp3) is 0.400. The smallest absolute Gasteiger partial charge is 0.128 e. The van der Waals surface area contributed by atoms with Gasteiger partial charge in [0, 0.05) is 23.7 Å². The van der Waals surface area contributed by atoms with E-state index < -0.39 is 0 Å². The van der Waals surface area contributed by atoms with E-state index in [2.05, 4.69) is 27.0 Å². The van der Waals surface area contributed by atoms with Gasteiger partial charge in [0.15, 0.2) is 0 Å². The van der Waals surface area contributed by atoms with Crippen LogP contribution < -0.4 is 5.32 Å².